The van der Waals surface area contributed by atoms with E-state index in [1.807, 2.05) is 12.1 Å². The molecule has 0 aliphatic rings. The molecule has 0 radical (unpaired) electrons. The number of benzene rings is 2. The highest BCUT2D eigenvalue weighted by atomic mass is 35.5. The molecule has 0 atom stereocenters. The lowest BCUT2D eigenvalue weighted by Gasteiger charge is -2.08. The summed E-state index contributed by atoms with van der Waals surface area (Å²) < 4.78 is 11.3. The summed E-state index contributed by atoms with van der Waals surface area (Å²) in [5, 5.41) is 1.04. The van der Waals surface area contributed by atoms with Crippen LogP contribution in [0.3, 0.4) is 0 Å². The van der Waals surface area contributed by atoms with Gasteiger partial charge in [0.2, 0.25) is 0 Å². The minimum absolute atomic E-state index is 0.521. The van der Waals surface area contributed by atoms with Crippen molar-refractivity contribution in [2.45, 2.75) is 25.7 Å². The Hall–Kier alpha value is -1.78. The largest absolute Gasteiger partial charge is 0.494 e. The van der Waals surface area contributed by atoms with Crippen LogP contribution in [0.5, 0.6) is 11.5 Å². The number of ether oxygens (including phenoxy) is 2. The van der Waals surface area contributed by atoms with E-state index in [0.29, 0.717) is 34.6 Å². The number of unbranched alkanes of at least 4 members (excludes halogenated alkanes) is 3. The number of halogens is 2. The lowest BCUT2D eigenvalue weighted by Crippen LogP contribution is -2.00. The average Bonchev–Trinajstić information content (AvgIpc) is 2.56. The minimum atomic E-state index is 0.521. The van der Waals surface area contributed by atoms with Gasteiger partial charge in [0.05, 0.1) is 34.6 Å². The van der Waals surface area contributed by atoms with E-state index in [2.05, 4.69) is 0 Å². The Balaban J connectivity index is 1.53. The molecule has 0 bridgehead atoms. The summed E-state index contributed by atoms with van der Waals surface area (Å²) in [7, 11) is 0. The van der Waals surface area contributed by atoms with Crippen molar-refractivity contribution in [2.24, 2.45) is 0 Å². The van der Waals surface area contributed by atoms with Gasteiger partial charge in [-0.25, -0.2) is 0 Å². The summed E-state index contributed by atoms with van der Waals surface area (Å²) in [5.41, 5.74) is 12.4. The third-order valence-corrected chi connectivity index (χ3v) is 4.17. The van der Waals surface area contributed by atoms with Crippen molar-refractivity contribution >= 4 is 34.6 Å². The van der Waals surface area contributed by atoms with Crippen LogP contribution in [0.1, 0.15) is 25.7 Å². The maximum Gasteiger partial charge on any atom is 0.120 e. The van der Waals surface area contributed by atoms with Gasteiger partial charge in [-0.2, -0.15) is 0 Å². The first kappa shape index (κ1) is 18.6. The van der Waals surface area contributed by atoms with Gasteiger partial charge in [0, 0.05) is 12.1 Å². The number of rotatable bonds is 9. The Morgan fingerprint density at radius 1 is 0.667 bits per heavy atom. The fourth-order valence-electron chi connectivity index (χ4n) is 2.13. The highest BCUT2D eigenvalue weighted by Crippen LogP contribution is 2.25. The van der Waals surface area contributed by atoms with Crippen molar-refractivity contribution in [3.05, 3.63) is 46.4 Å². The van der Waals surface area contributed by atoms with Gasteiger partial charge in [0.15, 0.2) is 0 Å². The van der Waals surface area contributed by atoms with E-state index in [9.17, 15) is 0 Å². The fourth-order valence-corrected chi connectivity index (χ4v) is 2.47. The van der Waals surface area contributed by atoms with Crippen LogP contribution in [-0.2, 0) is 0 Å². The molecule has 0 aliphatic heterocycles. The van der Waals surface area contributed by atoms with Gasteiger partial charge in [-0.1, -0.05) is 23.2 Å². The van der Waals surface area contributed by atoms with Crippen LogP contribution < -0.4 is 20.9 Å². The zero-order chi connectivity index (χ0) is 17.4. The van der Waals surface area contributed by atoms with E-state index in [1.165, 1.54) is 0 Å². The van der Waals surface area contributed by atoms with Crippen LogP contribution in [0.15, 0.2) is 36.4 Å². The van der Waals surface area contributed by atoms with Crippen molar-refractivity contribution in [2.75, 3.05) is 24.7 Å². The molecule has 0 saturated carbocycles. The molecule has 0 amide bonds. The van der Waals surface area contributed by atoms with Gasteiger partial charge in [0.25, 0.3) is 0 Å². The summed E-state index contributed by atoms with van der Waals surface area (Å²) >= 11 is 11.9. The van der Waals surface area contributed by atoms with E-state index in [4.69, 9.17) is 44.1 Å². The predicted octanol–water partition coefficient (Wildman–Crippen LogP) is 5.18. The molecule has 0 heterocycles. The molecule has 0 aliphatic carbocycles. The van der Waals surface area contributed by atoms with Crippen molar-refractivity contribution in [1.82, 2.24) is 0 Å². The number of hydrogen-bond acceptors (Lipinski definition) is 4. The minimum Gasteiger partial charge on any atom is -0.494 e. The zero-order valence-electron chi connectivity index (χ0n) is 13.4. The van der Waals surface area contributed by atoms with Crippen LogP contribution in [0.25, 0.3) is 0 Å². The molecule has 0 aromatic heterocycles. The van der Waals surface area contributed by atoms with Gasteiger partial charge in [-0.15, -0.1) is 0 Å². The first-order valence-corrected chi connectivity index (χ1v) is 8.67. The normalized spacial score (nSPS) is 10.6. The first-order valence-electron chi connectivity index (χ1n) is 7.92. The summed E-state index contributed by atoms with van der Waals surface area (Å²) in [6.07, 6.45) is 4.12. The second-order valence-corrected chi connectivity index (χ2v) is 6.29. The van der Waals surface area contributed by atoms with Crippen LogP contribution in [0.4, 0.5) is 11.4 Å². The van der Waals surface area contributed by atoms with E-state index >= 15 is 0 Å². The van der Waals surface area contributed by atoms with Gasteiger partial charge < -0.3 is 20.9 Å². The molecule has 0 unspecified atom stereocenters. The molecule has 24 heavy (non-hydrogen) atoms. The van der Waals surface area contributed by atoms with Crippen LogP contribution in [0, 0.1) is 0 Å². The van der Waals surface area contributed by atoms with Gasteiger partial charge in [-0.3, -0.25) is 0 Å². The highest BCUT2D eigenvalue weighted by molar-refractivity contribution is 6.33. The van der Waals surface area contributed by atoms with Gasteiger partial charge in [0.1, 0.15) is 11.5 Å². The smallest absolute Gasteiger partial charge is 0.120 e. The molecule has 0 fully saturated rings. The molecule has 6 heteroatoms. The number of nitrogens with two attached hydrogens (primary N) is 2. The first-order chi connectivity index (χ1) is 11.6. The van der Waals surface area contributed by atoms with E-state index in [1.54, 1.807) is 24.3 Å². The predicted molar refractivity (Wildman–Crippen MR) is 101 cm³/mol. The van der Waals surface area contributed by atoms with Crippen molar-refractivity contribution in [3.8, 4) is 11.5 Å². The summed E-state index contributed by atoms with van der Waals surface area (Å²) in [5.74, 6) is 1.50. The molecule has 0 spiro atoms. The molecule has 2 aromatic carbocycles. The molecule has 2 rings (SSSR count). The number of nitrogen functional groups attached to an aromatic ring is 2. The van der Waals surface area contributed by atoms with E-state index in [0.717, 1.165) is 37.2 Å². The second-order valence-electron chi connectivity index (χ2n) is 5.48. The monoisotopic (exact) mass is 368 g/mol. The fraction of sp³-hybridized carbons (Fsp3) is 0.333. The summed E-state index contributed by atoms with van der Waals surface area (Å²) in [4.78, 5) is 0. The van der Waals surface area contributed by atoms with Gasteiger partial charge >= 0.3 is 0 Å². The van der Waals surface area contributed by atoms with Crippen LogP contribution in [-0.4, -0.2) is 13.2 Å². The third-order valence-electron chi connectivity index (χ3n) is 3.52. The molecule has 0 saturated heterocycles. The molecule has 4 N–H and O–H groups in total. The molecular weight excluding hydrogens is 347 g/mol. The molecule has 2 aromatic rings. The average molecular weight is 369 g/mol. The summed E-state index contributed by atoms with van der Waals surface area (Å²) in [6, 6.07) is 10.6. The molecular formula is C18H22Cl2N2O2. The molecule has 130 valence electrons. The van der Waals surface area contributed by atoms with Crippen molar-refractivity contribution in [3.63, 3.8) is 0 Å². The third kappa shape index (κ3) is 6.02. The lowest BCUT2D eigenvalue weighted by molar-refractivity contribution is 0.287. The Kier molecular flexibility index (Phi) is 7.35. The Labute approximate surface area is 152 Å². The maximum absolute atomic E-state index is 5.95. The standard InChI is InChI=1S/C18H22Cl2N2O2/c19-15-11-13(5-7-17(15)21)23-9-3-1-2-4-10-24-14-6-8-18(22)16(20)12-14/h5-8,11-12H,1-4,9-10,21-22H2. The second kappa shape index (κ2) is 9.50. The SMILES string of the molecule is Nc1ccc(OCCCCCCOc2ccc(N)c(Cl)c2)cc1Cl. The maximum atomic E-state index is 5.95. The Morgan fingerprint density at radius 2 is 1.08 bits per heavy atom. The molecule has 4 nitrogen and oxygen atoms in total. The topological polar surface area (TPSA) is 70.5 Å². The zero-order valence-corrected chi connectivity index (χ0v) is 14.9. The number of hydrogen-bond donors (Lipinski definition) is 2. The van der Waals surface area contributed by atoms with Crippen LogP contribution in [0.2, 0.25) is 10.0 Å². The van der Waals surface area contributed by atoms with Crippen molar-refractivity contribution in [1.29, 1.82) is 0 Å². The lowest BCUT2D eigenvalue weighted by atomic mass is 10.2. The Morgan fingerprint density at radius 3 is 1.46 bits per heavy atom. The van der Waals surface area contributed by atoms with E-state index in [-0.39, 0.29) is 0 Å². The quantitative estimate of drug-likeness (QED) is 0.472. The summed E-state index contributed by atoms with van der Waals surface area (Å²) in [6.45, 7) is 1.32. The number of anilines is 2. The van der Waals surface area contributed by atoms with Crippen LogP contribution >= 0.6 is 23.2 Å². The highest BCUT2D eigenvalue weighted by Gasteiger charge is 2.01. The van der Waals surface area contributed by atoms with E-state index < -0.39 is 0 Å². The van der Waals surface area contributed by atoms with Crippen molar-refractivity contribution < 1.29 is 9.47 Å². The Bertz CT molecular complexity index is 608. The van der Waals surface area contributed by atoms with Gasteiger partial charge in [-0.05, 0) is 49.9 Å².